The van der Waals surface area contributed by atoms with Gasteiger partial charge in [-0.1, -0.05) is 181 Å². The van der Waals surface area contributed by atoms with Gasteiger partial charge in [0.05, 0.1) is 34.4 Å². The van der Waals surface area contributed by atoms with Crippen LogP contribution in [-0.2, 0) is 13.8 Å². The van der Waals surface area contributed by atoms with Gasteiger partial charge in [0.25, 0.3) is 0 Å². The molecule has 0 aromatic heterocycles. The maximum absolute atomic E-state index is 10.3. The van der Waals surface area contributed by atoms with Crippen molar-refractivity contribution < 1.29 is 23.2 Å². The fourth-order valence-electron chi connectivity index (χ4n) is 6.13. The smallest absolute Gasteiger partial charge is 0.330 e. The molecule has 0 spiro atoms. The topological polar surface area (TPSA) is 47.9 Å². The van der Waals surface area contributed by atoms with Gasteiger partial charge in [-0.2, -0.15) is 0 Å². The Morgan fingerprint density at radius 1 is 0.490 bits per heavy atom. The standard InChI is InChI=1S/C43H87NO4P/c1-6-8-10-12-14-16-18-20-22-23-24-25-27-29-31-33-35-37-43(42-48-49(45)47-40-38-44(3,4)5)41-46-39-36-34-32-30-28-26-21-19-17-15-13-11-9-7-2/h43,45H,6-32,34,36-42H2,1-5H3/q+1. The highest BCUT2D eigenvalue weighted by atomic mass is 31.2. The summed E-state index contributed by atoms with van der Waals surface area (Å²) in [6.45, 7) is 7.77. The third kappa shape index (κ3) is 42.1. The summed E-state index contributed by atoms with van der Waals surface area (Å²) in [6.07, 6.45) is 40.3. The molecule has 0 saturated heterocycles. The monoisotopic (exact) mass is 713 g/mol. The lowest BCUT2D eigenvalue weighted by Gasteiger charge is -2.24. The molecule has 5 nitrogen and oxygen atoms in total. The summed E-state index contributed by atoms with van der Waals surface area (Å²) < 4.78 is 18.2. The van der Waals surface area contributed by atoms with Gasteiger partial charge in [0.2, 0.25) is 0 Å². The predicted molar refractivity (Wildman–Crippen MR) is 216 cm³/mol. The van der Waals surface area contributed by atoms with Gasteiger partial charge in [-0.3, -0.25) is 0 Å². The fourth-order valence-corrected chi connectivity index (χ4v) is 6.78. The van der Waals surface area contributed by atoms with Crippen LogP contribution in [0, 0.1) is 17.8 Å². The fraction of sp³-hybridized carbons (Fsp3) is 0.953. The summed E-state index contributed by atoms with van der Waals surface area (Å²) in [5, 5.41) is 0. The van der Waals surface area contributed by atoms with E-state index in [1.807, 2.05) is 0 Å². The molecule has 0 heterocycles. The minimum atomic E-state index is -1.86. The number of nitrogens with zero attached hydrogens (tertiary/aromatic N) is 1. The minimum Gasteiger partial charge on any atom is -0.381 e. The van der Waals surface area contributed by atoms with Gasteiger partial charge in [0, 0.05) is 25.4 Å². The van der Waals surface area contributed by atoms with E-state index < -0.39 is 8.60 Å². The van der Waals surface area contributed by atoms with Crippen LogP contribution in [0.25, 0.3) is 0 Å². The van der Waals surface area contributed by atoms with Gasteiger partial charge < -0.3 is 23.2 Å². The number of ether oxygens (including phenoxy) is 1. The van der Waals surface area contributed by atoms with Gasteiger partial charge in [-0.15, -0.1) is 11.8 Å². The molecule has 1 N–H and O–H groups in total. The maximum Gasteiger partial charge on any atom is 0.330 e. The summed E-state index contributed by atoms with van der Waals surface area (Å²) in [5.41, 5.74) is 0. The second-order valence-electron chi connectivity index (χ2n) is 15.8. The normalized spacial score (nSPS) is 13.0. The second-order valence-corrected chi connectivity index (χ2v) is 16.8. The van der Waals surface area contributed by atoms with Gasteiger partial charge in [0.1, 0.15) is 13.2 Å². The van der Waals surface area contributed by atoms with E-state index in [0.29, 0.717) is 19.8 Å². The summed E-state index contributed by atoms with van der Waals surface area (Å²) in [7, 11) is 4.49. The summed E-state index contributed by atoms with van der Waals surface area (Å²) in [5.74, 6) is 6.96. The molecule has 292 valence electrons. The highest BCUT2D eigenvalue weighted by molar-refractivity contribution is 7.40. The molecule has 0 aliphatic rings. The second kappa shape index (κ2) is 39.0. The Morgan fingerprint density at radius 2 is 0.898 bits per heavy atom. The molecule has 0 aromatic carbocycles. The van der Waals surface area contributed by atoms with Crippen molar-refractivity contribution in [2.45, 2.75) is 206 Å². The van der Waals surface area contributed by atoms with E-state index in [1.54, 1.807) is 0 Å². The zero-order valence-electron chi connectivity index (χ0n) is 33.9. The van der Waals surface area contributed by atoms with Crippen LogP contribution in [0.1, 0.15) is 206 Å². The van der Waals surface area contributed by atoms with Crippen LogP contribution < -0.4 is 0 Å². The van der Waals surface area contributed by atoms with Crippen LogP contribution >= 0.6 is 8.60 Å². The molecule has 2 unspecified atom stereocenters. The first-order valence-corrected chi connectivity index (χ1v) is 22.6. The van der Waals surface area contributed by atoms with E-state index in [9.17, 15) is 4.89 Å². The first-order valence-electron chi connectivity index (χ1n) is 21.5. The third-order valence-corrected chi connectivity index (χ3v) is 10.3. The van der Waals surface area contributed by atoms with E-state index in [2.05, 4.69) is 46.8 Å². The summed E-state index contributed by atoms with van der Waals surface area (Å²) in [4.78, 5) is 10.3. The molecule has 6 heteroatoms. The molecule has 0 aliphatic heterocycles. The van der Waals surface area contributed by atoms with E-state index in [0.717, 1.165) is 36.9 Å². The SMILES string of the molecule is CCCCCCCCCCCCCCCCC#CCC(COCCCCCCCCCCCCCCCC)COP(O)OCC[N+](C)(C)C. The quantitative estimate of drug-likeness (QED) is 0.0298. The van der Waals surface area contributed by atoms with Gasteiger partial charge >= 0.3 is 8.60 Å². The molecular formula is C43H87NO4P+. The lowest BCUT2D eigenvalue weighted by Crippen LogP contribution is -2.37. The van der Waals surface area contributed by atoms with Crippen molar-refractivity contribution in [2.24, 2.45) is 5.92 Å². The number of quaternary nitrogens is 1. The molecule has 2 atom stereocenters. The zero-order valence-corrected chi connectivity index (χ0v) is 34.8. The highest BCUT2D eigenvalue weighted by Crippen LogP contribution is 2.33. The number of hydrogen-bond acceptors (Lipinski definition) is 4. The summed E-state index contributed by atoms with van der Waals surface area (Å²) in [6, 6.07) is 0. The molecule has 0 amide bonds. The maximum atomic E-state index is 10.3. The first-order chi connectivity index (χ1) is 23.9. The van der Waals surface area contributed by atoms with Gasteiger partial charge in [0.15, 0.2) is 0 Å². The largest absolute Gasteiger partial charge is 0.381 e. The Balaban J connectivity index is 4.04. The number of hydrogen-bond donors (Lipinski definition) is 1. The van der Waals surface area contributed by atoms with E-state index >= 15 is 0 Å². The highest BCUT2D eigenvalue weighted by Gasteiger charge is 2.15. The Hall–Kier alpha value is -0.210. The van der Waals surface area contributed by atoms with Crippen molar-refractivity contribution in [2.75, 3.05) is 54.1 Å². The van der Waals surface area contributed by atoms with Crippen LogP contribution in [-0.4, -0.2) is 63.5 Å². The van der Waals surface area contributed by atoms with E-state index in [-0.39, 0.29) is 5.92 Å². The minimum absolute atomic E-state index is 0.162. The van der Waals surface area contributed by atoms with Crippen molar-refractivity contribution in [1.82, 2.24) is 0 Å². The Bertz CT molecular complexity index is 704. The molecule has 49 heavy (non-hydrogen) atoms. The molecule has 0 saturated carbocycles. The average molecular weight is 713 g/mol. The van der Waals surface area contributed by atoms with Crippen LogP contribution in [0.4, 0.5) is 0 Å². The molecule has 0 fully saturated rings. The average Bonchev–Trinajstić information content (AvgIpc) is 3.07. The third-order valence-electron chi connectivity index (χ3n) is 9.55. The van der Waals surface area contributed by atoms with Gasteiger partial charge in [-0.05, 0) is 12.8 Å². The zero-order chi connectivity index (χ0) is 35.9. The number of rotatable bonds is 39. The van der Waals surface area contributed by atoms with Crippen molar-refractivity contribution in [3.8, 4) is 11.8 Å². The molecular weight excluding hydrogens is 625 g/mol. The van der Waals surface area contributed by atoms with Crippen molar-refractivity contribution in [3.05, 3.63) is 0 Å². The van der Waals surface area contributed by atoms with E-state index in [1.165, 1.54) is 173 Å². The lowest BCUT2D eigenvalue weighted by atomic mass is 10.0. The van der Waals surface area contributed by atoms with E-state index in [4.69, 9.17) is 13.8 Å². The summed E-state index contributed by atoms with van der Waals surface area (Å²) >= 11 is 0. The Morgan fingerprint density at radius 3 is 1.33 bits per heavy atom. The van der Waals surface area contributed by atoms with Crippen molar-refractivity contribution in [1.29, 1.82) is 0 Å². The molecule has 0 bridgehead atoms. The predicted octanol–water partition coefficient (Wildman–Crippen LogP) is 13.3. The van der Waals surface area contributed by atoms with Crippen LogP contribution in [0.15, 0.2) is 0 Å². The lowest BCUT2D eigenvalue weighted by molar-refractivity contribution is -0.870. The van der Waals surface area contributed by atoms with Crippen molar-refractivity contribution in [3.63, 3.8) is 0 Å². The first kappa shape index (κ1) is 48.8. The van der Waals surface area contributed by atoms with Crippen LogP contribution in [0.3, 0.4) is 0 Å². The molecule has 0 aliphatic carbocycles. The Kier molecular flexibility index (Phi) is 38.8. The van der Waals surface area contributed by atoms with Gasteiger partial charge in [-0.25, -0.2) is 0 Å². The van der Waals surface area contributed by atoms with Crippen LogP contribution in [0.2, 0.25) is 0 Å². The van der Waals surface area contributed by atoms with Crippen molar-refractivity contribution >= 4 is 8.60 Å². The molecule has 0 radical (unpaired) electrons. The molecule has 0 rings (SSSR count). The number of unbranched alkanes of at least 4 members (excludes halogenated alkanes) is 27. The van der Waals surface area contributed by atoms with Crippen LogP contribution in [0.5, 0.6) is 0 Å². The number of likely N-dealkylation sites (N-methyl/N-ethyl adjacent to an activating group) is 1. The Labute approximate surface area is 309 Å². The molecule has 0 aromatic rings.